The van der Waals surface area contributed by atoms with Crippen LogP contribution in [0.25, 0.3) is 10.4 Å². The van der Waals surface area contributed by atoms with Gasteiger partial charge in [-0.2, -0.15) is 0 Å². The topological polar surface area (TPSA) is 48.8 Å². The Hall–Kier alpha value is -0.220. The highest BCUT2D eigenvalue weighted by Gasteiger charge is 1.49. The molecule has 0 fully saturated rings. The van der Waals surface area contributed by atoms with Crippen LogP contribution in [0.3, 0.4) is 0 Å². The predicted octanol–water partition coefficient (Wildman–Crippen LogP) is 2.20. The van der Waals surface area contributed by atoms with E-state index in [-0.39, 0.29) is 0 Å². The second kappa shape index (κ2) is 4.78. The average molecular weight is 195 g/mol. The summed E-state index contributed by atoms with van der Waals surface area (Å²) < 4.78 is 1.64. The fourth-order valence-electron chi connectivity index (χ4n) is 0.0550. The highest BCUT2D eigenvalue weighted by molar-refractivity contribution is 14.1. The van der Waals surface area contributed by atoms with Gasteiger partial charge >= 0.3 is 0 Å². The molecule has 32 valence electrons. The number of nitrogens with zero attached hydrogens (tertiary/aromatic N) is 3. The first-order chi connectivity index (χ1) is 2.91. The molecule has 4 heteroatoms. The fraction of sp³-hybridized carbons (Fsp3) is 0. The fourth-order valence-corrected chi connectivity index (χ4v) is 0.199. The van der Waals surface area contributed by atoms with Gasteiger partial charge in [0.1, 0.15) is 0 Å². The summed E-state index contributed by atoms with van der Waals surface area (Å²) in [6, 6.07) is 0. The van der Waals surface area contributed by atoms with Crippen molar-refractivity contribution in [3.05, 3.63) is 20.7 Å². The Morgan fingerprint density at radius 1 is 1.83 bits per heavy atom. The van der Waals surface area contributed by atoms with Crippen LogP contribution in [0, 0.1) is 0 Å². The summed E-state index contributed by atoms with van der Waals surface area (Å²) in [5.41, 5.74) is 7.60. The average Bonchev–Trinajstić information content (AvgIpc) is 1.61. The molecule has 0 aliphatic rings. The van der Waals surface area contributed by atoms with E-state index in [4.69, 9.17) is 5.53 Å². The van der Waals surface area contributed by atoms with Gasteiger partial charge in [0.2, 0.25) is 0 Å². The molecule has 0 aromatic rings. The van der Waals surface area contributed by atoms with Crippen LogP contribution >= 0.6 is 22.6 Å². The van der Waals surface area contributed by atoms with E-state index in [0.717, 1.165) is 0 Å². The Bertz CT molecular complexity index is 91.0. The van der Waals surface area contributed by atoms with Gasteiger partial charge in [-0.05, 0) is 9.61 Å². The molecule has 0 N–H and O–H groups in total. The standard InChI is InChI=1S/C2H2IN3/c3-1-2-5-6-4/h1-2H/b2-1+. The summed E-state index contributed by atoms with van der Waals surface area (Å²) in [5.74, 6) is 0. The summed E-state index contributed by atoms with van der Waals surface area (Å²) in [6.07, 6.45) is 1.38. The van der Waals surface area contributed by atoms with Crippen LogP contribution in [0.15, 0.2) is 15.4 Å². The Morgan fingerprint density at radius 3 is 2.67 bits per heavy atom. The van der Waals surface area contributed by atoms with Crippen molar-refractivity contribution in [1.82, 2.24) is 0 Å². The maximum Gasteiger partial charge on any atom is 0.00697 e. The van der Waals surface area contributed by atoms with E-state index in [0.29, 0.717) is 0 Å². The van der Waals surface area contributed by atoms with Gasteiger partial charge in [-0.1, -0.05) is 27.7 Å². The molecule has 0 radical (unpaired) electrons. The first-order valence-electron chi connectivity index (χ1n) is 1.21. The smallest absolute Gasteiger partial charge is 0.00697 e. The van der Waals surface area contributed by atoms with Crippen LogP contribution in [0.4, 0.5) is 0 Å². The van der Waals surface area contributed by atoms with Crippen molar-refractivity contribution in [2.45, 2.75) is 0 Å². The summed E-state index contributed by atoms with van der Waals surface area (Å²) in [5, 5.41) is 3.08. The first-order valence-corrected chi connectivity index (χ1v) is 2.46. The van der Waals surface area contributed by atoms with Crippen molar-refractivity contribution in [3.63, 3.8) is 0 Å². The lowest BCUT2D eigenvalue weighted by atomic mass is 11.1. The zero-order valence-electron chi connectivity index (χ0n) is 2.87. The largest absolute Gasteiger partial charge is 0.0681 e. The van der Waals surface area contributed by atoms with Crippen LogP contribution in [0.2, 0.25) is 0 Å². The molecule has 0 atom stereocenters. The van der Waals surface area contributed by atoms with Gasteiger partial charge in [0.05, 0.1) is 0 Å². The lowest BCUT2D eigenvalue weighted by Gasteiger charge is -1.53. The zero-order valence-corrected chi connectivity index (χ0v) is 5.03. The molecule has 0 unspecified atom stereocenters. The highest BCUT2D eigenvalue weighted by atomic mass is 127. The molecule has 0 saturated heterocycles. The van der Waals surface area contributed by atoms with Gasteiger partial charge in [0.15, 0.2) is 0 Å². The molecular formula is C2H2IN3. The normalized spacial score (nSPS) is 8.17. The van der Waals surface area contributed by atoms with Crippen molar-refractivity contribution in [1.29, 1.82) is 0 Å². The molecule has 0 aliphatic carbocycles. The number of azide groups is 1. The van der Waals surface area contributed by atoms with E-state index in [1.807, 2.05) is 22.6 Å². The van der Waals surface area contributed by atoms with Crippen molar-refractivity contribution in [2.75, 3.05) is 0 Å². The molecule has 6 heavy (non-hydrogen) atoms. The molecule has 0 bridgehead atoms. The van der Waals surface area contributed by atoms with Crippen LogP contribution in [-0.4, -0.2) is 0 Å². The minimum atomic E-state index is 1.38. The Morgan fingerprint density at radius 2 is 2.50 bits per heavy atom. The lowest BCUT2D eigenvalue weighted by molar-refractivity contribution is 1.53. The van der Waals surface area contributed by atoms with Crippen LogP contribution in [0.5, 0.6) is 0 Å². The van der Waals surface area contributed by atoms with Crippen LogP contribution < -0.4 is 0 Å². The second-order valence-electron chi connectivity index (χ2n) is 0.480. The van der Waals surface area contributed by atoms with Gasteiger partial charge in [-0.15, -0.1) is 0 Å². The molecule has 3 nitrogen and oxygen atoms in total. The molecule has 0 aromatic carbocycles. The minimum Gasteiger partial charge on any atom is -0.0681 e. The van der Waals surface area contributed by atoms with Gasteiger partial charge in [0.25, 0.3) is 0 Å². The van der Waals surface area contributed by atoms with E-state index >= 15 is 0 Å². The monoisotopic (exact) mass is 195 g/mol. The lowest BCUT2D eigenvalue weighted by Crippen LogP contribution is -1.29. The van der Waals surface area contributed by atoms with Gasteiger partial charge < -0.3 is 0 Å². The molecule has 0 heterocycles. The van der Waals surface area contributed by atoms with Crippen molar-refractivity contribution < 1.29 is 0 Å². The minimum absolute atomic E-state index is 1.38. The first kappa shape index (κ1) is 5.78. The molecule has 0 rings (SSSR count). The Balaban J connectivity index is 3.33. The van der Waals surface area contributed by atoms with Crippen molar-refractivity contribution >= 4 is 22.6 Å². The SMILES string of the molecule is [N-]=[N+]=N/C=C/I. The number of rotatable bonds is 1. The van der Waals surface area contributed by atoms with E-state index in [2.05, 4.69) is 10.0 Å². The Labute approximate surface area is 48.8 Å². The summed E-state index contributed by atoms with van der Waals surface area (Å²) in [4.78, 5) is 2.46. The van der Waals surface area contributed by atoms with Gasteiger partial charge in [-0.3, -0.25) is 0 Å². The van der Waals surface area contributed by atoms with Gasteiger partial charge in [-0.25, -0.2) is 0 Å². The molecule has 0 amide bonds. The van der Waals surface area contributed by atoms with Crippen molar-refractivity contribution in [2.24, 2.45) is 5.11 Å². The molecule has 0 saturated carbocycles. The maximum absolute atomic E-state index is 7.60. The highest BCUT2D eigenvalue weighted by Crippen LogP contribution is 1.82. The van der Waals surface area contributed by atoms with E-state index < -0.39 is 0 Å². The third kappa shape index (κ3) is 3.78. The summed E-state index contributed by atoms with van der Waals surface area (Å²) in [6.45, 7) is 0. The number of hydrogen-bond donors (Lipinski definition) is 0. The zero-order chi connectivity index (χ0) is 4.83. The maximum atomic E-state index is 7.60. The summed E-state index contributed by atoms with van der Waals surface area (Å²) in [7, 11) is 0. The third-order valence-electron chi connectivity index (χ3n) is 0.175. The Kier molecular flexibility index (Phi) is 4.60. The molecule has 0 spiro atoms. The quantitative estimate of drug-likeness (QED) is 0.266. The van der Waals surface area contributed by atoms with E-state index in [1.54, 1.807) is 4.08 Å². The van der Waals surface area contributed by atoms with Crippen LogP contribution in [-0.2, 0) is 0 Å². The molecular weight excluding hydrogens is 193 g/mol. The molecule has 0 aliphatic heterocycles. The number of hydrogen-bond acceptors (Lipinski definition) is 1. The van der Waals surface area contributed by atoms with Gasteiger partial charge in [0, 0.05) is 11.1 Å². The third-order valence-corrected chi connectivity index (χ3v) is 0.496. The second-order valence-corrected chi connectivity index (χ2v) is 1.20. The van der Waals surface area contributed by atoms with Crippen molar-refractivity contribution in [3.8, 4) is 0 Å². The van der Waals surface area contributed by atoms with E-state index in [9.17, 15) is 0 Å². The van der Waals surface area contributed by atoms with E-state index in [1.165, 1.54) is 6.20 Å². The number of halogens is 1. The molecule has 0 aromatic heterocycles. The van der Waals surface area contributed by atoms with Crippen LogP contribution in [0.1, 0.15) is 0 Å². The summed E-state index contributed by atoms with van der Waals surface area (Å²) >= 11 is 1.97. The predicted molar refractivity (Wildman–Crippen MR) is 32.3 cm³/mol.